The lowest BCUT2D eigenvalue weighted by Crippen LogP contribution is -2.36. The molecule has 0 fully saturated rings. The molecule has 3 heteroatoms. The Morgan fingerprint density at radius 2 is 1.04 bits per heavy atom. The summed E-state index contributed by atoms with van der Waals surface area (Å²) in [5.41, 5.74) is 24.4. The minimum atomic E-state index is -0.484. The van der Waals surface area contributed by atoms with Crippen molar-refractivity contribution in [3.8, 4) is 22.3 Å². The van der Waals surface area contributed by atoms with E-state index in [1.54, 1.807) is 0 Å². The van der Waals surface area contributed by atoms with Crippen molar-refractivity contribution in [2.75, 3.05) is 4.90 Å². The number of para-hydroxylation sites is 3. The molecular weight excluding hydrogens is 679 g/mol. The number of allylic oxidation sites excluding steroid dienone is 1. The fourth-order valence-corrected chi connectivity index (χ4v) is 8.85. The van der Waals surface area contributed by atoms with Crippen LogP contribution in [0.4, 0.5) is 17.1 Å². The summed E-state index contributed by atoms with van der Waals surface area (Å²) in [5.74, 6) is 0. The maximum absolute atomic E-state index is 6.71. The third-order valence-corrected chi connectivity index (χ3v) is 11.3. The molecule has 1 spiro atoms. The number of hydrogen-bond acceptors (Lipinski definition) is 3. The van der Waals surface area contributed by atoms with Gasteiger partial charge in [-0.05, 0) is 98.1 Å². The quantitative estimate of drug-likeness (QED) is 0.167. The Bertz CT molecular complexity index is 2740. The molecule has 0 amide bonds. The lowest BCUT2D eigenvalue weighted by Gasteiger charge is -2.45. The molecular formula is C53H39N3. The molecule has 0 aromatic heterocycles. The largest absolute Gasteiger partial charge is 0.398 e. The van der Waals surface area contributed by atoms with Crippen molar-refractivity contribution in [3.63, 3.8) is 0 Å². The van der Waals surface area contributed by atoms with Gasteiger partial charge in [-0.1, -0.05) is 170 Å². The first-order valence-corrected chi connectivity index (χ1v) is 19.2. The lowest BCUT2D eigenvalue weighted by atomic mass is 9.64. The van der Waals surface area contributed by atoms with Crippen molar-refractivity contribution in [2.45, 2.75) is 12.0 Å². The molecule has 8 aromatic carbocycles. The molecule has 3 nitrogen and oxygen atoms in total. The van der Waals surface area contributed by atoms with Crippen molar-refractivity contribution in [1.29, 1.82) is 0 Å². The third-order valence-electron chi connectivity index (χ3n) is 11.3. The molecule has 0 saturated heterocycles. The third kappa shape index (κ3) is 5.48. The van der Waals surface area contributed by atoms with Crippen LogP contribution in [-0.4, -0.2) is 5.71 Å². The number of aliphatic imine (C=N–C) groups is 1. The van der Waals surface area contributed by atoms with Gasteiger partial charge in [0.2, 0.25) is 0 Å². The molecule has 10 rings (SSSR count). The van der Waals surface area contributed by atoms with Gasteiger partial charge in [-0.2, -0.15) is 0 Å². The Morgan fingerprint density at radius 1 is 0.482 bits per heavy atom. The summed E-state index contributed by atoms with van der Waals surface area (Å²) in [6.07, 6.45) is 2.01. The summed E-state index contributed by atoms with van der Waals surface area (Å²) < 4.78 is 0. The minimum absolute atomic E-state index is 0.484. The molecule has 0 unspecified atom stereocenters. The molecule has 266 valence electrons. The number of benzene rings is 8. The number of fused-ring (bicyclic) bond motifs is 9. The second-order valence-corrected chi connectivity index (χ2v) is 14.5. The number of nitrogens with zero attached hydrogens (tertiary/aromatic N) is 2. The maximum Gasteiger partial charge on any atom is 0.0754 e. The second kappa shape index (κ2) is 13.9. The van der Waals surface area contributed by atoms with Crippen molar-refractivity contribution < 1.29 is 0 Å². The Morgan fingerprint density at radius 3 is 1.75 bits per heavy atom. The van der Waals surface area contributed by atoms with E-state index in [0.717, 1.165) is 39.2 Å². The van der Waals surface area contributed by atoms with Crippen LogP contribution in [0.1, 0.15) is 38.9 Å². The maximum atomic E-state index is 6.71. The molecule has 8 aromatic rings. The van der Waals surface area contributed by atoms with E-state index in [1.807, 2.05) is 42.5 Å². The van der Waals surface area contributed by atoms with Crippen LogP contribution in [-0.2, 0) is 12.0 Å². The van der Waals surface area contributed by atoms with Crippen LogP contribution in [0.2, 0.25) is 0 Å². The molecule has 1 heterocycles. The smallest absolute Gasteiger partial charge is 0.0754 e. The van der Waals surface area contributed by atoms with E-state index < -0.39 is 5.41 Å². The van der Waals surface area contributed by atoms with Gasteiger partial charge in [0, 0.05) is 16.9 Å². The van der Waals surface area contributed by atoms with E-state index >= 15 is 0 Å². The standard InChI is InChI=1S/C53H39N3/c54-49(38-19-6-2-7-20-38)35-50(55-36-37-17-4-1-5-18-37)41-22-16-21-39(33-41)40-31-32-46-44(34-40)43-25-10-11-26-45(43)53(46)47-27-12-14-29-51(47)56(42-23-8-3-9-24-42)52-30-15-13-28-48(52)53/h1-35H,36,54H2/b49-35-,55-50+. The zero-order valence-corrected chi connectivity index (χ0v) is 30.9. The number of hydrogen-bond donors (Lipinski definition) is 1. The highest BCUT2D eigenvalue weighted by molar-refractivity contribution is 6.12. The Hall–Kier alpha value is -7.23. The fourth-order valence-electron chi connectivity index (χ4n) is 8.85. The van der Waals surface area contributed by atoms with E-state index in [0.29, 0.717) is 12.2 Å². The predicted molar refractivity (Wildman–Crippen MR) is 233 cm³/mol. The first-order chi connectivity index (χ1) is 27.7. The van der Waals surface area contributed by atoms with Crippen LogP contribution in [0.3, 0.4) is 0 Å². The molecule has 1 aliphatic carbocycles. The van der Waals surface area contributed by atoms with Crippen LogP contribution in [0.15, 0.2) is 217 Å². The molecule has 56 heavy (non-hydrogen) atoms. The van der Waals surface area contributed by atoms with Gasteiger partial charge in [0.05, 0.1) is 29.0 Å². The van der Waals surface area contributed by atoms with E-state index in [2.05, 4.69) is 175 Å². The highest BCUT2D eigenvalue weighted by Gasteiger charge is 2.51. The number of nitrogens with two attached hydrogens (primary N) is 1. The zero-order valence-electron chi connectivity index (χ0n) is 30.9. The van der Waals surface area contributed by atoms with E-state index in [9.17, 15) is 0 Å². The van der Waals surface area contributed by atoms with Crippen molar-refractivity contribution in [3.05, 3.63) is 251 Å². The summed E-state index contributed by atoms with van der Waals surface area (Å²) >= 11 is 0. The zero-order chi connectivity index (χ0) is 37.5. The number of rotatable bonds is 7. The molecule has 2 N–H and O–H groups in total. The number of anilines is 3. The normalized spacial score (nSPS) is 13.8. The van der Waals surface area contributed by atoms with Gasteiger partial charge in [-0.15, -0.1) is 0 Å². The summed E-state index contributed by atoms with van der Waals surface area (Å²) in [5, 5.41) is 0. The van der Waals surface area contributed by atoms with E-state index in [1.165, 1.54) is 44.8 Å². The molecule has 0 atom stereocenters. The van der Waals surface area contributed by atoms with Crippen molar-refractivity contribution >= 4 is 28.5 Å². The summed E-state index contributed by atoms with van der Waals surface area (Å²) in [6, 6.07) is 73.9. The van der Waals surface area contributed by atoms with Gasteiger partial charge < -0.3 is 10.6 Å². The molecule has 0 bridgehead atoms. The first kappa shape index (κ1) is 33.3. The van der Waals surface area contributed by atoms with Crippen LogP contribution in [0.25, 0.3) is 28.0 Å². The Balaban J connectivity index is 1.12. The monoisotopic (exact) mass is 717 g/mol. The topological polar surface area (TPSA) is 41.6 Å². The van der Waals surface area contributed by atoms with Gasteiger partial charge in [-0.25, -0.2) is 0 Å². The predicted octanol–water partition coefficient (Wildman–Crippen LogP) is 12.5. The van der Waals surface area contributed by atoms with Crippen LogP contribution in [0, 0.1) is 0 Å². The molecule has 0 saturated carbocycles. The molecule has 0 radical (unpaired) electrons. The Labute approximate surface area is 328 Å². The van der Waals surface area contributed by atoms with Gasteiger partial charge in [0.1, 0.15) is 0 Å². The van der Waals surface area contributed by atoms with Gasteiger partial charge >= 0.3 is 0 Å². The highest BCUT2D eigenvalue weighted by Crippen LogP contribution is 2.63. The van der Waals surface area contributed by atoms with Gasteiger partial charge in [0.25, 0.3) is 0 Å². The average molecular weight is 718 g/mol. The first-order valence-electron chi connectivity index (χ1n) is 19.2. The molecule has 2 aliphatic rings. The van der Waals surface area contributed by atoms with Gasteiger partial charge in [0.15, 0.2) is 0 Å². The minimum Gasteiger partial charge on any atom is -0.398 e. The van der Waals surface area contributed by atoms with E-state index in [-0.39, 0.29) is 0 Å². The summed E-state index contributed by atoms with van der Waals surface area (Å²) in [4.78, 5) is 7.56. The second-order valence-electron chi connectivity index (χ2n) is 14.5. The summed E-state index contributed by atoms with van der Waals surface area (Å²) in [7, 11) is 0. The van der Waals surface area contributed by atoms with Crippen LogP contribution in [0.5, 0.6) is 0 Å². The summed E-state index contributed by atoms with van der Waals surface area (Å²) in [6.45, 7) is 0.557. The highest BCUT2D eigenvalue weighted by atomic mass is 15.2. The van der Waals surface area contributed by atoms with Crippen LogP contribution < -0.4 is 10.6 Å². The van der Waals surface area contributed by atoms with E-state index in [4.69, 9.17) is 10.7 Å². The fraction of sp³-hybridized carbons (Fsp3) is 0.0377. The lowest BCUT2D eigenvalue weighted by molar-refractivity contribution is 0.753. The van der Waals surface area contributed by atoms with Gasteiger partial charge in [-0.3, -0.25) is 4.99 Å². The van der Waals surface area contributed by atoms with Crippen molar-refractivity contribution in [1.82, 2.24) is 0 Å². The molecule has 1 aliphatic heterocycles. The van der Waals surface area contributed by atoms with Crippen molar-refractivity contribution in [2.24, 2.45) is 10.7 Å². The SMILES string of the molecule is N/C(=C\C(=N/Cc1ccccc1)c1cccc(-c2ccc3c(c2)-c2ccccc2C32c3ccccc3N(c3ccccc3)c3ccccc32)c1)c1ccccc1. The average Bonchev–Trinajstić information content (AvgIpc) is 3.56. The van der Waals surface area contributed by atoms with Crippen LogP contribution >= 0.6 is 0 Å². The Kier molecular flexibility index (Phi) is 8.26.